The van der Waals surface area contributed by atoms with Gasteiger partial charge in [0.2, 0.25) is 0 Å². The lowest BCUT2D eigenvalue weighted by atomic mass is 9.44. The van der Waals surface area contributed by atoms with Crippen LogP contribution in [0.2, 0.25) is 0 Å². The highest BCUT2D eigenvalue weighted by molar-refractivity contribution is 9.10. The summed E-state index contributed by atoms with van der Waals surface area (Å²) in [5.74, 6) is 5.32. The standard InChI is InChI=1S/C27H45BrO/c1-18(2)9-8-10-19(3)21-11-12-22-20-17-24(29)27(28)15-7-6-14-26(27,5)23(20)13-16-25(21,22)4/h18-23H,6-17H2,1-5H3/t19-,20+,21-,22+,23+,25-,26-,27+/m1/s1. The molecule has 4 fully saturated rings. The van der Waals surface area contributed by atoms with Gasteiger partial charge in [-0.25, -0.2) is 0 Å². The van der Waals surface area contributed by atoms with Gasteiger partial charge in [0, 0.05) is 6.42 Å². The van der Waals surface area contributed by atoms with E-state index in [0.29, 0.717) is 17.1 Å². The molecule has 0 aliphatic heterocycles. The number of hydrogen-bond acceptors (Lipinski definition) is 1. The highest BCUT2D eigenvalue weighted by atomic mass is 79.9. The monoisotopic (exact) mass is 464 g/mol. The Morgan fingerprint density at radius 3 is 2.41 bits per heavy atom. The van der Waals surface area contributed by atoms with Gasteiger partial charge in [0.05, 0.1) is 4.32 Å². The number of Topliss-reactive ketones (excluding diaryl/α,β-unsaturated/α-hetero) is 1. The van der Waals surface area contributed by atoms with Crippen molar-refractivity contribution in [2.24, 2.45) is 46.3 Å². The molecule has 0 amide bonds. The molecule has 0 unspecified atom stereocenters. The number of hydrogen-bond donors (Lipinski definition) is 0. The van der Waals surface area contributed by atoms with E-state index >= 15 is 0 Å². The van der Waals surface area contributed by atoms with Crippen LogP contribution in [0, 0.1) is 46.3 Å². The van der Waals surface area contributed by atoms with Gasteiger partial charge in [0.1, 0.15) is 5.78 Å². The maximum Gasteiger partial charge on any atom is 0.150 e. The summed E-state index contributed by atoms with van der Waals surface area (Å²) in [6, 6.07) is 0. The second-order valence-corrected chi connectivity index (χ2v) is 13.8. The summed E-state index contributed by atoms with van der Waals surface area (Å²) in [4.78, 5) is 13.5. The van der Waals surface area contributed by atoms with E-state index in [-0.39, 0.29) is 9.74 Å². The minimum Gasteiger partial charge on any atom is -0.298 e. The average Bonchev–Trinajstić information content (AvgIpc) is 3.01. The Morgan fingerprint density at radius 2 is 1.69 bits per heavy atom. The molecular weight excluding hydrogens is 420 g/mol. The summed E-state index contributed by atoms with van der Waals surface area (Å²) in [6.07, 6.45) is 15.5. The van der Waals surface area contributed by atoms with Crippen molar-refractivity contribution in [3.05, 3.63) is 0 Å². The number of carbonyl (C=O) groups excluding carboxylic acids is 1. The zero-order valence-corrected chi connectivity index (χ0v) is 21.3. The van der Waals surface area contributed by atoms with Gasteiger partial charge in [-0.2, -0.15) is 0 Å². The van der Waals surface area contributed by atoms with E-state index in [9.17, 15) is 4.79 Å². The molecule has 0 heterocycles. The molecular formula is C27H45BrO. The van der Waals surface area contributed by atoms with Crippen LogP contribution in [0.4, 0.5) is 0 Å². The molecule has 0 aromatic carbocycles. The van der Waals surface area contributed by atoms with Gasteiger partial charge in [0.15, 0.2) is 0 Å². The molecule has 0 N–H and O–H groups in total. The maximum atomic E-state index is 13.5. The van der Waals surface area contributed by atoms with Crippen LogP contribution in [-0.4, -0.2) is 10.1 Å². The van der Waals surface area contributed by atoms with E-state index in [2.05, 4.69) is 50.5 Å². The van der Waals surface area contributed by atoms with E-state index < -0.39 is 0 Å². The molecule has 4 rings (SSSR count). The fraction of sp³-hybridized carbons (Fsp3) is 0.963. The van der Waals surface area contributed by atoms with E-state index in [1.54, 1.807) is 0 Å². The highest BCUT2D eigenvalue weighted by Gasteiger charge is 2.66. The topological polar surface area (TPSA) is 17.1 Å². The first-order valence-corrected chi connectivity index (χ1v) is 13.6. The zero-order valence-electron chi connectivity index (χ0n) is 19.7. The molecule has 29 heavy (non-hydrogen) atoms. The van der Waals surface area contributed by atoms with Crippen molar-refractivity contribution in [2.45, 2.75) is 116 Å². The van der Waals surface area contributed by atoms with Gasteiger partial charge in [-0.15, -0.1) is 0 Å². The molecule has 4 aliphatic rings. The van der Waals surface area contributed by atoms with Gasteiger partial charge >= 0.3 is 0 Å². The van der Waals surface area contributed by atoms with E-state index in [4.69, 9.17) is 0 Å². The first-order valence-electron chi connectivity index (χ1n) is 12.9. The van der Waals surface area contributed by atoms with Crippen molar-refractivity contribution >= 4 is 21.7 Å². The summed E-state index contributed by atoms with van der Waals surface area (Å²) < 4.78 is -0.213. The van der Waals surface area contributed by atoms with Gasteiger partial charge in [-0.1, -0.05) is 82.7 Å². The quantitative estimate of drug-likeness (QED) is 0.374. The van der Waals surface area contributed by atoms with E-state index in [1.807, 2.05) is 0 Å². The molecule has 1 nitrogen and oxygen atoms in total. The minimum absolute atomic E-state index is 0.188. The third-order valence-corrected chi connectivity index (χ3v) is 12.4. The normalized spacial score (nSPS) is 48.2. The molecule has 0 saturated heterocycles. The first kappa shape index (κ1) is 22.3. The minimum atomic E-state index is -0.213. The zero-order chi connectivity index (χ0) is 21.0. The lowest BCUT2D eigenvalue weighted by Crippen LogP contribution is -2.62. The fourth-order valence-electron chi connectivity index (χ4n) is 9.05. The average molecular weight is 466 g/mol. The second-order valence-electron chi connectivity index (χ2n) is 12.5. The Labute approximate surface area is 188 Å². The van der Waals surface area contributed by atoms with Crippen LogP contribution in [-0.2, 0) is 4.79 Å². The number of carbonyl (C=O) groups is 1. The van der Waals surface area contributed by atoms with Crippen molar-refractivity contribution in [1.82, 2.24) is 0 Å². The van der Waals surface area contributed by atoms with Gasteiger partial charge < -0.3 is 0 Å². The third-order valence-electron chi connectivity index (χ3n) is 10.7. The Hall–Kier alpha value is 0.150. The molecule has 0 spiro atoms. The first-order chi connectivity index (χ1) is 13.6. The molecule has 0 bridgehead atoms. The largest absolute Gasteiger partial charge is 0.298 e. The van der Waals surface area contributed by atoms with Gasteiger partial charge in [-0.3, -0.25) is 4.79 Å². The SMILES string of the molecule is CC(C)CCC[C@@H](C)[C@H]1CC[C@H]2[C@@H]3CC(=O)[C@@]4(Br)CCCC[C@]4(C)[C@H]3CC[C@]12C. The molecule has 2 heteroatoms. The van der Waals surface area contributed by atoms with Crippen LogP contribution in [0.25, 0.3) is 0 Å². The number of alkyl halides is 1. The summed E-state index contributed by atoms with van der Waals surface area (Å²) in [5, 5.41) is 0. The smallest absolute Gasteiger partial charge is 0.150 e. The molecule has 8 atom stereocenters. The molecule has 4 saturated carbocycles. The second kappa shape index (κ2) is 7.93. The van der Waals surface area contributed by atoms with Crippen LogP contribution < -0.4 is 0 Å². The Morgan fingerprint density at radius 1 is 0.966 bits per heavy atom. The van der Waals surface area contributed by atoms with E-state index in [0.717, 1.165) is 42.4 Å². The number of fused-ring (bicyclic) bond motifs is 5. The summed E-state index contributed by atoms with van der Waals surface area (Å²) >= 11 is 4.07. The summed E-state index contributed by atoms with van der Waals surface area (Å²) in [6.45, 7) is 12.4. The van der Waals surface area contributed by atoms with Crippen molar-refractivity contribution in [3.63, 3.8) is 0 Å². The number of halogens is 1. The predicted molar refractivity (Wildman–Crippen MR) is 126 cm³/mol. The maximum absolute atomic E-state index is 13.5. The summed E-state index contributed by atoms with van der Waals surface area (Å²) in [7, 11) is 0. The fourth-order valence-corrected chi connectivity index (χ4v) is 9.98. The Balaban J connectivity index is 1.53. The van der Waals surface area contributed by atoms with Crippen molar-refractivity contribution < 1.29 is 4.79 Å². The van der Waals surface area contributed by atoms with Crippen molar-refractivity contribution in [3.8, 4) is 0 Å². The number of rotatable bonds is 5. The number of ketones is 1. The summed E-state index contributed by atoms with van der Waals surface area (Å²) in [5.41, 5.74) is 0.670. The molecule has 0 radical (unpaired) electrons. The van der Waals surface area contributed by atoms with Gasteiger partial charge in [-0.05, 0) is 84.9 Å². The predicted octanol–water partition coefficient (Wildman–Crippen LogP) is 8.19. The van der Waals surface area contributed by atoms with Crippen LogP contribution in [0.5, 0.6) is 0 Å². The van der Waals surface area contributed by atoms with Crippen LogP contribution in [0.3, 0.4) is 0 Å². The molecule has 0 aromatic rings. The van der Waals surface area contributed by atoms with Crippen LogP contribution in [0.1, 0.15) is 112 Å². The van der Waals surface area contributed by atoms with Gasteiger partial charge in [0.25, 0.3) is 0 Å². The van der Waals surface area contributed by atoms with Crippen molar-refractivity contribution in [1.29, 1.82) is 0 Å². The van der Waals surface area contributed by atoms with Crippen LogP contribution in [0.15, 0.2) is 0 Å². The van der Waals surface area contributed by atoms with Crippen molar-refractivity contribution in [2.75, 3.05) is 0 Å². The lowest BCUT2D eigenvalue weighted by molar-refractivity contribution is -0.148. The Bertz CT molecular complexity index is 628. The lowest BCUT2D eigenvalue weighted by Gasteiger charge is -2.63. The third kappa shape index (κ3) is 3.41. The highest BCUT2D eigenvalue weighted by Crippen LogP contribution is 2.70. The Kier molecular flexibility index (Phi) is 6.11. The molecule has 166 valence electrons. The van der Waals surface area contributed by atoms with E-state index in [1.165, 1.54) is 64.2 Å². The van der Waals surface area contributed by atoms with Crippen LogP contribution >= 0.6 is 15.9 Å². The molecule has 0 aromatic heterocycles. The molecule has 4 aliphatic carbocycles.